The molecule has 2 aromatic heterocycles. The molecule has 0 atom stereocenters. The number of hydrogen-bond acceptors (Lipinski definition) is 0. The van der Waals surface area contributed by atoms with E-state index in [4.69, 9.17) is 0 Å². The van der Waals surface area contributed by atoms with Gasteiger partial charge in [-0.05, 0) is 0 Å². The highest BCUT2D eigenvalue weighted by Gasteiger charge is 1.66. The molecule has 2 heterocycles. The first-order chi connectivity index (χ1) is 6.00. The van der Waals surface area contributed by atoms with Crippen molar-refractivity contribution in [3.63, 3.8) is 0 Å². The van der Waals surface area contributed by atoms with Gasteiger partial charge in [0.2, 0.25) is 0 Å². The molecule has 0 bridgehead atoms. The zero-order valence-corrected chi connectivity index (χ0v) is 8.00. The van der Waals surface area contributed by atoms with Crippen LogP contribution in [0.3, 0.4) is 0 Å². The standard InChI is InChI=1S/2C5H5N.S/c2*1-2-4-6-5-3-1;/h2*1-5H;/q;;-2/p+2. The van der Waals surface area contributed by atoms with E-state index in [1.807, 2.05) is 61.2 Å². The third-order valence-corrected chi connectivity index (χ3v) is 1.21. The zero-order valence-electron chi connectivity index (χ0n) is 7.18. The lowest BCUT2D eigenvalue weighted by molar-refractivity contribution is -0.378. The fraction of sp³-hybridized carbons (Fsp3) is 0. The van der Waals surface area contributed by atoms with E-state index in [2.05, 4.69) is 9.97 Å². The Labute approximate surface area is 85.1 Å². The van der Waals surface area contributed by atoms with Crippen LogP contribution in [0.5, 0.6) is 0 Å². The van der Waals surface area contributed by atoms with Gasteiger partial charge in [-0.3, -0.25) is 0 Å². The Morgan fingerprint density at radius 2 is 0.769 bits per heavy atom. The lowest BCUT2D eigenvalue weighted by Gasteiger charge is -2.00. The number of hydrogen-bond donors (Lipinski definition) is 0. The molecule has 0 radical (unpaired) electrons. The number of pyridine rings is 2. The summed E-state index contributed by atoms with van der Waals surface area (Å²) in [6.07, 6.45) is 7.50. The Kier molecular flexibility index (Phi) is 7.84. The van der Waals surface area contributed by atoms with Gasteiger partial charge in [-0.15, -0.1) is 0 Å². The van der Waals surface area contributed by atoms with E-state index in [1.165, 1.54) is 0 Å². The first-order valence-corrected chi connectivity index (χ1v) is 3.82. The van der Waals surface area contributed by atoms with Crippen molar-refractivity contribution < 1.29 is 9.97 Å². The van der Waals surface area contributed by atoms with Crippen molar-refractivity contribution in [2.75, 3.05) is 0 Å². The molecule has 0 saturated heterocycles. The number of aromatic amines is 2. The number of rotatable bonds is 0. The van der Waals surface area contributed by atoms with Crippen LogP contribution in [0.25, 0.3) is 0 Å². The maximum atomic E-state index is 2.89. The fourth-order valence-corrected chi connectivity index (χ4v) is 0.684. The summed E-state index contributed by atoms with van der Waals surface area (Å²) in [5, 5.41) is 0. The molecule has 0 aromatic carbocycles. The van der Waals surface area contributed by atoms with Crippen molar-refractivity contribution in [3.05, 3.63) is 61.2 Å². The average molecular weight is 192 g/mol. The summed E-state index contributed by atoms with van der Waals surface area (Å²) in [5.74, 6) is 0. The molecule has 0 fully saturated rings. The summed E-state index contributed by atoms with van der Waals surface area (Å²) in [6.45, 7) is 0. The summed E-state index contributed by atoms with van der Waals surface area (Å²) in [6, 6.07) is 11.7. The van der Waals surface area contributed by atoms with Crippen LogP contribution in [-0.4, -0.2) is 0 Å². The third kappa shape index (κ3) is 7.03. The van der Waals surface area contributed by atoms with Crippen molar-refractivity contribution in [2.24, 2.45) is 0 Å². The van der Waals surface area contributed by atoms with E-state index in [-0.39, 0.29) is 13.5 Å². The van der Waals surface area contributed by atoms with Gasteiger partial charge in [0.05, 0.1) is 0 Å². The molecule has 2 nitrogen and oxygen atoms in total. The van der Waals surface area contributed by atoms with Crippen LogP contribution in [0.15, 0.2) is 61.2 Å². The highest BCUT2D eigenvalue weighted by molar-refractivity contribution is 7.37. The molecule has 0 amide bonds. The topological polar surface area (TPSA) is 28.3 Å². The van der Waals surface area contributed by atoms with E-state index in [9.17, 15) is 0 Å². The lowest BCUT2D eigenvalue weighted by Crippen LogP contribution is -1.93. The summed E-state index contributed by atoms with van der Waals surface area (Å²) in [4.78, 5) is 5.78. The fourth-order valence-electron chi connectivity index (χ4n) is 0.684. The summed E-state index contributed by atoms with van der Waals surface area (Å²) in [5.41, 5.74) is 0. The number of H-pyrrole nitrogens is 2. The predicted molar refractivity (Wildman–Crippen MR) is 53.4 cm³/mol. The van der Waals surface area contributed by atoms with Crippen molar-refractivity contribution in [1.82, 2.24) is 0 Å². The largest absolute Gasteiger partial charge is 2.00 e. The lowest BCUT2D eigenvalue weighted by atomic mass is 10.5. The van der Waals surface area contributed by atoms with Crippen LogP contribution in [-0.2, 0) is 13.5 Å². The van der Waals surface area contributed by atoms with Gasteiger partial charge in [-0.2, -0.15) is 0 Å². The molecule has 0 unspecified atom stereocenters. The molecular weight excluding hydrogens is 180 g/mol. The first-order valence-electron chi connectivity index (χ1n) is 3.82. The molecule has 0 spiro atoms. The number of nitrogens with one attached hydrogen (secondary N) is 2. The van der Waals surface area contributed by atoms with Crippen LogP contribution in [0.2, 0.25) is 0 Å². The summed E-state index contributed by atoms with van der Waals surface area (Å²) >= 11 is 0. The maximum Gasteiger partial charge on any atom is 0.166 e. The second-order valence-electron chi connectivity index (χ2n) is 2.15. The van der Waals surface area contributed by atoms with E-state index in [1.54, 1.807) is 0 Å². The van der Waals surface area contributed by atoms with Gasteiger partial charge in [0.1, 0.15) is 0 Å². The van der Waals surface area contributed by atoms with Gasteiger partial charge in [0.15, 0.2) is 24.8 Å². The van der Waals surface area contributed by atoms with Crippen molar-refractivity contribution in [1.29, 1.82) is 0 Å². The Morgan fingerprint density at radius 3 is 0.846 bits per heavy atom. The zero-order chi connectivity index (χ0) is 8.49. The molecule has 3 heteroatoms. The van der Waals surface area contributed by atoms with Gasteiger partial charge >= 0.3 is 0 Å². The smallest absolute Gasteiger partial charge is 0.166 e. The van der Waals surface area contributed by atoms with Crippen LogP contribution in [0, 0.1) is 0 Å². The molecule has 2 N–H and O–H groups in total. The third-order valence-electron chi connectivity index (χ3n) is 1.21. The van der Waals surface area contributed by atoms with Gasteiger partial charge in [-0.1, -0.05) is 12.1 Å². The Morgan fingerprint density at radius 1 is 0.462 bits per heavy atom. The van der Waals surface area contributed by atoms with Crippen LogP contribution < -0.4 is 9.97 Å². The molecule has 0 aliphatic carbocycles. The highest BCUT2D eigenvalue weighted by Crippen LogP contribution is 1.68. The summed E-state index contributed by atoms with van der Waals surface area (Å²) in [7, 11) is 0. The van der Waals surface area contributed by atoms with Crippen LogP contribution >= 0.6 is 0 Å². The van der Waals surface area contributed by atoms with Crippen molar-refractivity contribution in [3.8, 4) is 0 Å². The van der Waals surface area contributed by atoms with Crippen molar-refractivity contribution in [2.45, 2.75) is 0 Å². The predicted octanol–water partition coefficient (Wildman–Crippen LogP) is 0.999. The number of aromatic nitrogens is 2. The van der Waals surface area contributed by atoms with Gasteiger partial charge in [0, 0.05) is 24.3 Å². The van der Waals surface area contributed by atoms with Crippen LogP contribution in [0.1, 0.15) is 0 Å². The SMILES string of the molecule is [S-2].c1cc[nH+]cc1.c1cc[nH+]cc1. The quantitative estimate of drug-likeness (QED) is 0.596. The van der Waals surface area contributed by atoms with E-state index < -0.39 is 0 Å². The Bertz CT molecular complexity index is 188. The minimum atomic E-state index is 0. The molecular formula is C10H12N2S. The minimum absolute atomic E-state index is 0. The second-order valence-corrected chi connectivity index (χ2v) is 2.15. The molecule has 0 aliphatic heterocycles. The van der Waals surface area contributed by atoms with Crippen LogP contribution in [0.4, 0.5) is 0 Å². The Balaban J connectivity index is 0.000000206. The first kappa shape index (κ1) is 11.6. The van der Waals surface area contributed by atoms with Gasteiger partial charge in [-0.25, -0.2) is 9.97 Å². The van der Waals surface area contributed by atoms with Gasteiger partial charge < -0.3 is 13.5 Å². The highest BCUT2D eigenvalue weighted by atomic mass is 32.1. The molecule has 13 heavy (non-hydrogen) atoms. The summed E-state index contributed by atoms with van der Waals surface area (Å²) < 4.78 is 0. The maximum absolute atomic E-state index is 2.89. The monoisotopic (exact) mass is 192 g/mol. The van der Waals surface area contributed by atoms with E-state index >= 15 is 0 Å². The van der Waals surface area contributed by atoms with Gasteiger partial charge in [0.25, 0.3) is 0 Å². The molecule has 0 saturated carbocycles. The molecule has 68 valence electrons. The minimum Gasteiger partial charge on any atom is -2.00 e. The molecule has 2 rings (SSSR count). The molecule has 0 aliphatic rings. The average Bonchev–Trinajstić information content (AvgIpc) is 2.24. The second kappa shape index (κ2) is 8.74. The molecule has 2 aromatic rings. The van der Waals surface area contributed by atoms with E-state index in [0.29, 0.717) is 0 Å². The normalized spacial score (nSPS) is 7.38. The van der Waals surface area contributed by atoms with Crippen molar-refractivity contribution >= 4 is 13.5 Å². The van der Waals surface area contributed by atoms with E-state index in [0.717, 1.165) is 0 Å². The Hall–Kier alpha value is -1.35.